The van der Waals surface area contributed by atoms with Crippen molar-refractivity contribution >= 4 is 9.84 Å². The molecule has 1 N–H and O–H groups in total. The molecule has 100 valence electrons. The standard InChI is InChI=1S/C12H23NO3S/c1-12(2)8-10(5-6-16-12)13-9-11-4-3-7-17(11,14)15/h10-11,13H,3-9H2,1-2H3. The molecule has 5 heteroatoms. The summed E-state index contributed by atoms with van der Waals surface area (Å²) in [6.07, 6.45) is 3.59. The predicted octanol–water partition coefficient (Wildman–Crippen LogP) is 1.11. The Morgan fingerprint density at radius 3 is 2.71 bits per heavy atom. The molecule has 2 fully saturated rings. The van der Waals surface area contributed by atoms with Gasteiger partial charge in [0.1, 0.15) is 0 Å². The summed E-state index contributed by atoms with van der Waals surface area (Å²) in [4.78, 5) is 0. The number of ether oxygens (including phenoxy) is 1. The van der Waals surface area contributed by atoms with Gasteiger partial charge in [-0.25, -0.2) is 8.42 Å². The normalized spacial score (nSPS) is 35.9. The van der Waals surface area contributed by atoms with E-state index in [-0.39, 0.29) is 10.9 Å². The molecule has 0 saturated carbocycles. The Morgan fingerprint density at radius 2 is 2.12 bits per heavy atom. The molecule has 0 spiro atoms. The lowest BCUT2D eigenvalue weighted by Gasteiger charge is -2.36. The summed E-state index contributed by atoms with van der Waals surface area (Å²) < 4.78 is 29.0. The van der Waals surface area contributed by atoms with E-state index in [0.717, 1.165) is 32.3 Å². The fourth-order valence-electron chi connectivity index (χ4n) is 2.79. The van der Waals surface area contributed by atoms with E-state index in [1.807, 2.05) is 0 Å². The minimum Gasteiger partial charge on any atom is -0.375 e. The molecule has 0 radical (unpaired) electrons. The summed E-state index contributed by atoms with van der Waals surface area (Å²) in [5, 5.41) is 3.26. The number of sulfone groups is 1. The quantitative estimate of drug-likeness (QED) is 0.827. The van der Waals surface area contributed by atoms with Crippen molar-refractivity contribution in [3.05, 3.63) is 0 Å². The van der Waals surface area contributed by atoms with Gasteiger partial charge < -0.3 is 10.1 Å². The molecule has 2 rings (SSSR count). The minimum absolute atomic E-state index is 0.0789. The fraction of sp³-hybridized carbons (Fsp3) is 1.00. The molecule has 2 heterocycles. The number of hydrogen-bond acceptors (Lipinski definition) is 4. The highest BCUT2D eigenvalue weighted by molar-refractivity contribution is 7.92. The third-order valence-electron chi connectivity index (χ3n) is 3.79. The lowest BCUT2D eigenvalue weighted by atomic mass is 9.94. The van der Waals surface area contributed by atoms with Crippen molar-refractivity contribution < 1.29 is 13.2 Å². The number of hydrogen-bond donors (Lipinski definition) is 1. The summed E-state index contributed by atoms with van der Waals surface area (Å²) in [5.74, 6) is 0.374. The average Bonchev–Trinajstić information content (AvgIpc) is 2.53. The molecule has 0 aromatic rings. The van der Waals surface area contributed by atoms with Gasteiger partial charge in [-0.05, 0) is 39.5 Å². The van der Waals surface area contributed by atoms with Crippen LogP contribution in [0.5, 0.6) is 0 Å². The molecule has 2 aliphatic heterocycles. The molecule has 2 aliphatic rings. The van der Waals surface area contributed by atoms with Gasteiger partial charge in [-0.2, -0.15) is 0 Å². The Bertz CT molecular complexity index is 364. The molecule has 2 unspecified atom stereocenters. The van der Waals surface area contributed by atoms with Crippen LogP contribution in [0.25, 0.3) is 0 Å². The van der Waals surface area contributed by atoms with Crippen molar-refractivity contribution in [2.75, 3.05) is 18.9 Å². The van der Waals surface area contributed by atoms with E-state index in [1.54, 1.807) is 0 Å². The van der Waals surface area contributed by atoms with E-state index in [4.69, 9.17) is 4.74 Å². The van der Waals surface area contributed by atoms with Crippen LogP contribution >= 0.6 is 0 Å². The van der Waals surface area contributed by atoms with E-state index in [0.29, 0.717) is 18.3 Å². The van der Waals surface area contributed by atoms with Crippen LogP contribution in [0, 0.1) is 0 Å². The molecular weight excluding hydrogens is 238 g/mol. The Balaban J connectivity index is 1.82. The van der Waals surface area contributed by atoms with Gasteiger partial charge in [-0.1, -0.05) is 0 Å². The first-order chi connectivity index (χ1) is 7.89. The van der Waals surface area contributed by atoms with Crippen LogP contribution in [0.1, 0.15) is 39.5 Å². The monoisotopic (exact) mass is 261 g/mol. The van der Waals surface area contributed by atoms with Gasteiger partial charge in [0.2, 0.25) is 0 Å². The maximum atomic E-state index is 11.7. The van der Waals surface area contributed by atoms with Crippen molar-refractivity contribution in [1.82, 2.24) is 5.32 Å². The zero-order valence-electron chi connectivity index (χ0n) is 10.7. The highest BCUT2D eigenvalue weighted by Crippen LogP contribution is 2.25. The maximum Gasteiger partial charge on any atom is 0.154 e. The summed E-state index contributed by atoms with van der Waals surface area (Å²) in [7, 11) is -2.81. The second-order valence-corrected chi connectivity index (χ2v) is 8.24. The van der Waals surface area contributed by atoms with Crippen LogP contribution in [0.15, 0.2) is 0 Å². The topological polar surface area (TPSA) is 55.4 Å². The molecular formula is C12H23NO3S. The highest BCUT2D eigenvalue weighted by Gasteiger charge is 2.33. The van der Waals surface area contributed by atoms with Crippen LogP contribution in [0.2, 0.25) is 0 Å². The smallest absolute Gasteiger partial charge is 0.154 e. The zero-order valence-corrected chi connectivity index (χ0v) is 11.6. The lowest BCUT2D eigenvalue weighted by Crippen LogP contribution is -2.46. The van der Waals surface area contributed by atoms with Gasteiger partial charge in [-0.3, -0.25) is 0 Å². The van der Waals surface area contributed by atoms with Gasteiger partial charge in [0.25, 0.3) is 0 Å². The van der Waals surface area contributed by atoms with E-state index in [9.17, 15) is 8.42 Å². The van der Waals surface area contributed by atoms with E-state index < -0.39 is 9.84 Å². The summed E-state index contributed by atoms with van der Waals surface area (Å²) in [6.45, 7) is 5.56. The molecule has 4 nitrogen and oxygen atoms in total. The second-order valence-electron chi connectivity index (χ2n) is 5.84. The molecule has 17 heavy (non-hydrogen) atoms. The lowest BCUT2D eigenvalue weighted by molar-refractivity contribution is -0.0627. The molecule has 2 atom stereocenters. The van der Waals surface area contributed by atoms with E-state index in [1.165, 1.54) is 0 Å². The fourth-order valence-corrected chi connectivity index (χ4v) is 4.57. The average molecular weight is 261 g/mol. The molecule has 0 aromatic carbocycles. The van der Waals surface area contributed by atoms with E-state index in [2.05, 4.69) is 19.2 Å². The number of rotatable bonds is 3. The Hall–Kier alpha value is -0.130. The van der Waals surface area contributed by atoms with Crippen molar-refractivity contribution in [2.45, 2.75) is 56.4 Å². The van der Waals surface area contributed by atoms with Crippen LogP contribution in [-0.4, -0.2) is 44.2 Å². The second kappa shape index (κ2) is 4.86. The molecule has 0 aliphatic carbocycles. The molecule has 0 aromatic heterocycles. The summed E-state index contributed by atoms with van der Waals surface area (Å²) >= 11 is 0. The zero-order chi connectivity index (χ0) is 12.5. The van der Waals surface area contributed by atoms with Crippen molar-refractivity contribution in [3.8, 4) is 0 Å². The summed E-state index contributed by atoms with van der Waals surface area (Å²) in [6, 6.07) is 0.398. The first kappa shape index (κ1) is 13.3. The van der Waals surface area contributed by atoms with Crippen LogP contribution in [-0.2, 0) is 14.6 Å². The van der Waals surface area contributed by atoms with Crippen molar-refractivity contribution in [2.24, 2.45) is 0 Å². The predicted molar refractivity (Wildman–Crippen MR) is 67.9 cm³/mol. The van der Waals surface area contributed by atoms with Gasteiger partial charge in [0.05, 0.1) is 16.6 Å². The molecule has 0 amide bonds. The van der Waals surface area contributed by atoms with Gasteiger partial charge >= 0.3 is 0 Å². The van der Waals surface area contributed by atoms with Gasteiger partial charge in [0.15, 0.2) is 9.84 Å². The SMILES string of the molecule is CC1(C)CC(NCC2CCCS2(=O)=O)CCO1. The largest absolute Gasteiger partial charge is 0.375 e. The first-order valence-corrected chi connectivity index (χ1v) is 8.19. The first-order valence-electron chi connectivity index (χ1n) is 6.48. The maximum absolute atomic E-state index is 11.7. The Labute approximate surface area is 104 Å². The van der Waals surface area contributed by atoms with Gasteiger partial charge in [0, 0.05) is 19.2 Å². The Kier molecular flexibility index (Phi) is 3.80. The summed E-state index contributed by atoms with van der Waals surface area (Å²) in [5.41, 5.74) is -0.0789. The van der Waals surface area contributed by atoms with Gasteiger partial charge in [-0.15, -0.1) is 0 Å². The number of nitrogens with one attached hydrogen (secondary N) is 1. The molecule has 2 saturated heterocycles. The third kappa shape index (κ3) is 3.42. The van der Waals surface area contributed by atoms with E-state index >= 15 is 0 Å². The minimum atomic E-state index is -2.81. The Morgan fingerprint density at radius 1 is 1.35 bits per heavy atom. The van der Waals surface area contributed by atoms with Crippen molar-refractivity contribution in [1.29, 1.82) is 0 Å². The van der Waals surface area contributed by atoms with Crippen LogP contribution in [0.4, 0.5) is 0 Å². The van der Waals surface area contributed by atoms with Crippen LogP contribution in [0.3, 0.4) is 0 Å². The molecule has 0 bridgehead atoms. The van der Waals surface area contributed by atoms with Crippen molar-refractivity contribution in [3.63, 3.8) is 0 Å². The van der Waals surface area contributed by atoms with Crippen LogP contribution < -0.4 is 5.32 Å². The third-order valence-corrected chi connectivity index (χ3v) is 6.07. The highest BCUT2D eigenvalue weighted by atomic mass is 32.2.